The average molecular weight is 433 g/mol. The Morgan fingerprint density at radius 3 is 2.59 bits per heavy atom. The van der Waals surface area contributed by atoms with Gasteiger partial charge in [-0.1, -0.05) is 47.5 Å². The van der Waals surface area contributed by atoms with Crippen molar-refractivity contribution in [3.8, 4) is 5.75 Å². The lowest BCUT2D eigenvalue weighted by Gasteiger charge is -2.08. The van der Waals surface area contributed by atoms with Crippen LogP contribution < -0.4 is 15.4 Å². The van der Waals surface area contributed by atoms with E-state index in [9.17, 15) is 9.59 Å². The molecule has 3 rings (SSSR count). The number of benzene rings is 2. The van der Waals surface area contributed by atoms with E-state index >= 15 is 0 Å². The van der Waals surface area contributed by atoms with Crippen LogP contribution in [0.4, 0.5) is 0 Å². The molecule has 0 aliphatic heterocycles. The van der Waals surface area contributed by atoms with Crippen LogP contribution in [-0.2, 0) is 16.0 Å². The van der Waals surface area contributed by atoms with Gasteiger partial charge in [0.1, 0.15) is 5.75 Å². The minimum absolute atomic E-state index is 0.0227. The fraction of sp³-hybridized carbons (Fsp3) is 0.273. The van der Waals surface area contributed by atoms with E-state index < -0.39 is 0 Å². The van der Waals surface area contributed by atoms with Gasteiger partial charge in [0.05, 0.1) is 10.0 Å². The molecule has 0 bridgehead atoms. The van der Waals surface area contributed by atoms with Crippen molar-refractivity contribution in [2.24, 2.45) is 0 Å². The van der Waals surface area contributed by atoms with Crippen LogP contribution in [0.2, 0.25) is 10.0 Å². The highest BCUT2D eigenvalue weighted by molar-refractivity contribution is 6.42. The van der Waals surface area contributed by atoms with Crippen LogP contribution in [0.25, 0.3) is 6.08 Å². The third-order valence-electron chi connectivity index (χ3n) is 4.34. The van der Waals surface area contributed by atoms with Gasteiger partial charge in [-0.25, -0.2) is 0 Å². The van der Waals surface area contributed by atoms with E-state index in [1.165, 1.54) is 6.08 Å². The van der Waals surface area contributed by atoms with Crippen molar-refractivity contribution >= 4 is 41.1 Å². The van der Waals surface area contributed by atoms with Crippen LogP contribution in [0, 0.1) is 0 Å². The van der Waals surface area contributed by atoms with E-state index in [4.69, 9.17) is 27.9 Å². The summed E-state index contributed by atoms with van der Waals surface area (Å²) in [6, 6.07) is 13.1. The van der Waals surface area contributed by atoms with Gasteiger partial charge in [0.25, 0.3) is 5.91 Å². The molecule has 2 amide bonds. The summed E-state index contributed by atoms with van der Waals surface area (Å²) in [6.07, 6.45) is 5.86. The van der Waals surface area contributed by atoms with Gasteiger partial charge < -0.3 is 15.4 Å². The molecule has 7 heteroatoms. The van der Waals surface area contributed by atoms with Crippen molar-refractivity contribution in [3.05, 3.63) is 69.7 Å². The Morgan fingerprint density at radius 1 is 1.10 bits per heavy atom. The van der Waals surface area contributed by atoms with Crippen molar-refractivity contribution in [2.45, 2.75) is 25.3 Å². The normalized spacial score (nSPS) is 13.3. The second-order valence-electron chi connectivity index (χ2n) is 6.79. The van der Waals surface area contributed by atoms with Gasteiger partial charge in [-0.3, -0.25) is 9.59 Å². The first-order valence-corrected chi connectivity index (χ1v) is 10.2. The molecule has 0 atom stereocenters. The van der Waals surface area contributed by atoms with Crippen LogP contribution in [0.15, 0.2) is 48.5 Å². The lowest BCUT2D eigenvalue weighted by atomic mass is 10.1. The molecular formula is C22H22Cl2N2O3. The highest BCUT2D eigenvalue weighted by Gasteiger charge is 2.23. The Balaban J connectivity index is 1.38. The number of carbonyl (C=O) groups is 2. The number of hydrogen-bond donors (Lipinski definition) is 2. The summed E-state index contributed by atoms with van der Waals surface area (Å²) in [5, 5.41) is 6.58. The van der Waals surface area contributed by atoms with Crippen molar-refractivity contribution in [2.75, 3.05) is 13.2 Å². The molecule has 1 saturated carbocycles. The highest BCUT2D eigenvalue weighted by atomic mass is 35.5. The molecule has 1 aliphatic rings. The molecular weight excluding hydrogens is 411 g/mol. The maximum Gasteiger partial charge on any atom is 0.258 e. The molecule has 152 valence electrons. The number of halogens is 2. The quantitative estimate of drug-likeness (QED) is 0.587. The van der Waals surface area contributed by atoms with E-state index in [0.29, 0.717) is 40.4 Å². The van der Waals surface area contributed by atoms with Crippen molar-refractivity contribution in [1.29, 1.82) is 0 Å². The van der Waals surface area contributed by atoms with E-state index in [-0.39, 0.29) is 18.4 Å². The minimum atomic E-state index is -0.206. The maximum absolute atomic E-state index is 12.0. The zero-order chi connectivity index (χ0) is 20.6. The van der Waals surface area contributed by atoms with Crippen molar-refractivity contribution in [1.82, 2.24) is 10.6 Å². The first-order valence-electron chi connectivity index (χ1n) is 9.42. The van der Waals surface area contributed by atoms with Crippen molar-refractivity contribution < 1.29 is 14.3 Å². The van der Waals surface area contributed by atoms with E-state index in [1.807, 2.05) is 24.3 Å². The van der Waals surface area contributed by atoms with Crippen LogP contribution in [0.3, 0.4) is 0 Å². The Kier molecular flexibility index (Phi) is 7.55. The Hall–Kier alpha value is -2.50. The van der Waals surface area contributed by atoms with E-state index in [1.54, 1.807) is 24.3 Å². The first-order chi connectivity index (χ1) is 14.0. The fourth-order valence-electron chi connectivity index (χ4n) is 2.60. The van der Waals surface area contributed by atoms with Gasteiger partial charge in [-0.15, -0.1) is 0 Å². The van der Waals surface area contributed by atoms with E-state index in [2.05, 4.69) is 10.6 Å². The predicted molar refractivity (Wildman–Crippen MR) is 115 cm³/mol. The summed E-state index contributed by atoms with van der Waals surface area (Å²) < 4.78 is 5.48. The summed E-state index contributed by atoms with van der Waals surface area (Å²) in [6.45, 7) is 0.519. The number of amides is 2. The van der Waals surface area contributed by atoms with Gasteiger partial charge in [-0.05, 0) is 54.7 Å². The standard InChI is InChI=1S/C22H22Cl2N2O3/c23-19-3-1-2-16(22(19)24)6-11-20(27)25-13-12-15-4-9-18(10-5-15)29-14-21(28)26-17-7-8-17/h1-6,9-11,17H,7-8,12-14H2,(H,25,27)(H,26,28)/b11-6+. The second-order valence-corrected chi connectivity index (χ2v) is 7.58. The lowest BCUT2D eigenvalue weighted by Crippen LogP contribution is -2.30. The van der Waals surface area contributed by atoms with Crippen LogP contribution in [0.1, 0.15) is 24.0 Å². The highest BCUT2D eigenvalue weighted by Crippen LogP contribution is 2.26. The summed E-state index contributed by atoms with van der Waals surface area (Å²) in [4.78, 5) is 23.6. The summed E-state index contributed by atoms with van der Waals surface area (Å²) in [5.41, 5.74) is 1.75. The Labute approximate surface area is 180 Å². The SMILES string of the molecule is O=C(/C=C/c1cccc(Cl)c1Cl)NCCc1ccc(OCC(=O)NC2CC2)cc1. The van der Waals surface area contributed by atoms with Gasteiger partial charge in [0.2, 0.25) is 5.91 Å². The summed E-state index contributed by atoms with van der Waals surface area (Å²) in [7, 11) is 0. The zero-order valence-electron chi connectivity index (χ0n) is 15.8. The van der Waals surface area contributed by atoms with Gasteiger partial charge in [0, 0.05) is 18.7 Å². The van der Waals surface area contributed by atoms with Gasteiger partial charge in [0.15, 0.2) is 6.61 Å². The smallest absolute Gasteiger partial charge is 0.258 e. The maximum atomic E-state index is 12.0. The molecule has 1 fully saturated rings. The molecule has 5 nitrogen and oxygen atoms in total. The predicted octanol–water partition coefficient (Wildman–Crippen LogP) is 4.02. The third kappa shape index (κ3) is 7.11. The topological polar surface area (TPSA) is 67.4 Å². The monoisotopic (exact) mass is 432 g/mol. The lowest BCUT2D eigenvalue weighted by molar-refractivity contribution is -0.123. The van der Waals surface area contributed by atoms with Crippen LogP contribution >= 0.6 is 23.2 Å². The molecule has 0 radical (unpaired) electrons. The summed E-state index contributed by atoms with van der Waals surface area (Å²) >= 11 is 12.0. The summed E-state index contributed by atoms with van der Waals surface area (Å²) in [5.74, 6) is 0.346. The van der Waals surface area contributed by atoms with Crippen LogP contribution in [0.5, 0.6) is 5.75 Å². The van der Waals surface area contributed by atoms with Gasteiger partial charge >= 0.3 is 0 Å². The largest absolute Gasteiger partial charge is 0.484 e. The molecule has 0 heterocycles. The third-order valence-corrected chi connectivity index (χ3v) is 5.18. The Bertz CT molecular complexity index is 893. The molecule has 2 aromatic rings. The molecule has 0 aromatic heterocycles. The number of nitrogens with one attached hydrogen (secondary N) is 2. The molecule has 29 heavy (non-hydrogen) atoms. The molecule has 0 spiro atoms. The fourth-order valence-corrected chi connectivity index (χ4v) is 2.97. The molecule has 2 aromatic carbocycles. The average Bonchev–Trinajstić information content (AvgIpc) is 3.52. The molecule has 1 aliphatic carbocycles. The number of carbonyl (C=O) groups excluding carboxylic acids is 2. The van der Waals surface area contributed by atoms with Gasteiger partial charge in [-0.2, -0.15) is 0 Å². The zero-order valence-corrected chi connectivity index (χ0v) is 17.3. The Morgan fingerprint density at radius 2 is 1.86 bits per heavy atom. The second kappa shape index (κ2) is 10.3. The first kappa shape index (κ1) is 21.2. The number of rotatable bonds is 9. The van der Waals surface area contributed by atoms with E-state index in [0.717, 1.165) is 18.4 Å². The molecule has 2 N–H and O–H groups in total. The van der Waals surface area contributed by atoms with Crippen LogP contribution in [-0.4, -0.2) is 31.0 Å². The molecule has 0 unspecified atom stereocenters. The minimum Gasteiger partial charge on any atom is -0.484 e. The number of ether oxygens (including phenoxy) is 1. The van der Waals surface area contributed by atoms with Crippen molar-refractivity contribution in [3.63, 3.8) is 0 Å². The molecule has 0 saturated heterocycles. The number of hydrogen-bond acceptors (Lipinski definition) is 3.